The van der Waals surface area contributed by atoms with Gasteiger partial charge in [0.1, 0.15) is 11.5 Å². The van der Waals surface area contributed by atoms with E-state index in [1.807, 2.05) is 26.0 Å². The molecule has 8 heteroatoms. The summed E-state index contributed by atoms with van der Waals surface area (Å²) in [5.74, 6) is 1.05. The summed E-state index contributed by atoms with van der Waals surface area (Å²) in [6, 6.07) is 12.0. The number of hydrogen-bond acceptors (Lipinski definition) is 5. The van der Waals surface area contributed by atoms with Gasteiger partial charge in [-0.2, -0.15) is 4.31 Å². The van der Waals surface area contributed by atoms with Crippen LogP contribution in [0.3, 0.4) is 0 Å². The lowest BCUT2D eigenvalue weighted by atomic mass is 9.96. The number of aryl methyl sites for hydroxylation is 1. The summed E-state index contributed by atoms with van der Waals surface area (Å²) in [7, 11) is -0.362. The number of rotatable bonds is 7. The monoisotopic (exact) mass is 446 g/mol. The zero-order chi connectivity index (χ0) is 22.6. The Morgan fingerprint density at radius 2 is 1.71 bits per heavy atom. The Morgan fingerprint density at radius 3 is 2.29 bits per heavy atom. The van der Waals surface area contributed by atoms with Gasteiger partial charge in [-0.05, 0) is 57.0 Å². The highest BCUT2D eigenvalue weighted by atomic mass is 32.2. The molecule has 168 valence electrons. The van der Waals surface area contributed by atoms with Gasteiger partial charge in [-0.25, -0.2) is 8.42 Å². The van der Waals surface area contributed by atoms with E-state index in [1.54, 1.807) is 44.6 Å². The van der Waals surface area contributed by atoms with Gasteiger partial charge in [-0.3, -0.25) is 4.79 Å². The minimum atomic E-state index is -3.54. The normalized spacial score (nSPS) is 16.5. The first-order valence-corrected chi connectivity index (χ1v) is 11.8. The van der Waals surface area contributed by atoms with Gasteiger partial charge < -0.3 is 14.8 Å². The van der Waals surface area contributed by atoms with Crippen molar-refractivity contribution in [1.29, 1.82) is 0 Å². The number of piperidine rings is 1. The third-order valence-electron chi connectivity index (χ3n) is 5.75. The molecule has 0 unspecified atom stereocenters. The van der Waals surface area contributed by atoms with Gasteiger partial charge in [0.05, 0.1) is 25.2 Å². The molecule has 0 radical (unpaired) electrons. The van der Waals surface area contributed by atoms with Crippen molar-refractivity contribution in [3.8, 4) is 11.5 Å². The van der Waals surface area contributed by atoms with E-state index in [4.69, 9.17) is 9.47 Å². The summed E-state index contributed by atoms with van der Waals surface area (Å²) in [5, 5.41) is 3.04. The molecule has 0 spiro atoms. The van der Waals surface area contributed by atoms with E-state index in [2.05, 4.69) is 5.32 Å². The molecule has 31 heavy (non-hydrogen) atoms. The number of carbonyl (C=O) groups excluding carboxylic acids is 1. The Bertz CT molecular complexity index is 1010. The first-order valence-electron chi connectivity index (χ1n) is 10.4. The number of nitrogens with one attached hydrogen (secondary N) is 1. The third-order valence-corrected chi connectivity index (χ3v) is 7.66. The number of benzene rings is 2. The number of ether oxygens (including phenoxy) is 2. The average molecular weight is 447 g/mol. The van der Waals surface area contributed by atoms with E-state index in [0.717, 1.165) is 11.1 Å². The van der Waals surface area contributed by atoms with Crippen molar-refractivity contribution in [2.24, 2.45) is 5.92 Å². The summed E-state index contributed by atoms with van der Waals surface area (Å²) in [6.07, 6.45) is 0.970. The highest BCUT2D eigenvalue weighted by Crippen LogP contribution is 2.30. The van der Waals surface area contributed by atoms with E-state index in [-0.39, 0.29) is 17.9 Å². The molecule has 0 aliphatic carbocycles. The van der Waals surface area contributed by atoms with Crippen molar-refractivity contribution in [2.45, 2.75) is 37.6 Å². The first-order chi connectivity index (χ1) is 14.8. The number of sulfonamides is 1. The zero-order valence-electron chi connectivity index (χ0n) is 18.4. The van der Waals surface area contributed by atoms with Crippen molar-refractivity contribution in [3.05, 3.63) is 53.6 Å². The molecule has 3 rings (SSSR count). The van der Waals surface area contributed by atoms with Gasteiger partial charge in [0.25, 0.3) is 0 Å². The maximum absolute atomic E-state index is 12.9. The van der Waals surface area contributed by atoms with E-state index < -0.39 is 10.0 Å². The molecule has 1 atom stereocenters. The van der Waals surface area contributed by atoms with Crippen molar-refractivity contribution < 1.29 is 22.7 Å². The molecular formula is C23H30N2O5S. The fourth-order valence-corrected chi connectivity index (χ4v) is 5.27. The van der Waals surface area contributed by atoms with Crippen LogP contribution in [0, 0.1) is 12.8 Å². The van der Waals surface area contributed by atoms with Gasteiger partial charge in [0.15, 0.2) is 0 Å². The fourth-order valence-electron chi connectivity index (χ4n) is 3.80. The number of carbonyl (C=O) groups is 1. The maximum Gasteiger partial charge on any atom is 0.243 e. The first kappa shape index (κ1) is 23.1. The lowest BCUT2D eigenvalue weighted by Crippen LogP contribution is -2.43. The largest absolute Gasteiger partial charge is 0.497 e. The van der Waals surface area contributed by atoms with Crippen LogP contribution >= 0.6 is 0 Å². The Kier molecular flexibility index (Phi) is 7.23. The summed E-state index contributed by atoms with van der Waals surface area (Å²) in [6.45, 7) is 4.46. The second kappa shape index (κ2) is 9.70. The standard InChI is InChI=1S/C23H30N2O5S/c1-16-5-8-20(9-6-16)31(27,28)25-13-11-18(12-14-25)23(26)24-17(2)21-15-19(29-3)7-10-22(21)30-4/h5-10,15,17-18H,11-14H2,1-4H3,(H,24,26)/t17-/m1/s1. The van der Waals surface area contributed by atoms with Gasteiger partial charge in [-0.1, -0.05) is 17.7 Å². The molecule has 1 saturated heterocycles. The molecule has 0 bridgehead atoms. The van der Waals surface area contributed by atoms with Crippen LogP contribution in [-0.2, 0) is 14.8 Å². The predicted octanol–water partition coefficient (Wildman–Crippen LogP) is 3.29. The van der Waals surface area contributed by atoms with Crippen LogP contribution in [0.15, 0.2) is 47.4 Å². The maximum atomic E-state index is 12.9. The molecule has 0 saturated carbocycles. The number of nitrogens with zero attached hydrogens (tertiary/aromatic N) is 1. The van der Waals surface area contributed by atoms with Crippen LogP contribution in [0.25, 0.3) is 0 Å². The molecule has 1 aliphatic heterocycles. The van der Waals surface area contributed by atoms with Gasteiger partial charge in [-0.15, -0.1) is 0 Å². The van der Waals surface area contributed by atoms with Crippen molar-refractivity contribution >= 4 is 15.9 Å². The predicted molar refractivity (Wildman–Crippen MR) is 119 cm³/mol. The van der Waals surface area contributed by atoms with Crippen LogP contribution in [0.5, 0.6) is 11.5 Å². The molecule has 7 nitrogen and oxygen atoms in total. The summed E-state index contributed by atoms with van der Waals surface area (Å²) in [5.41, 5.74) is 1.84. The molecule has 0 aromatic heterocycles. The molecule has 1 amide bonds. The highest BCUT2D eigenvalue weighted by Gasteiger charge is 2.32. The smallest absolute Gasteiger partial charge is 0.243 e. The van der Waals surface area contributed by atoms with Gasteiger partial charge >= 0.3 is 0 Å². The summed E-state index contributed by atoms with van der Waals surface area (Å²) in [4.78, 5) is 13.1. The molecule has 2 aromatic rings. The topological polar surface area (TPSA) is 84.9 Å². The van der Waals surface area contributed by atoms with Gasteiger partial charge in [0.2, 0.25) is 15.9 Å². The van der Waals surface area contributed by atoms with Crippen LogP contribution in [0.1, 0.15) is 36.9 Å². The van der Waals surface area contributed by atoms with E-state index >= 15 is 0 Å². The quantitative estimate of drug-likeness (QED) is 0.706. The lowest BCUT2D eigenvalue weighted by molar-refractivity contribution is -0.126. The number of amides is 1. The van der Waals surface area contributed by atoms with E-state index in [0.29, 0.717) is 42.3 Å². The second-order valence-corrected chi connectivity index (χ2v) is 9.77. The number of methoxy groups -OCH3 is 2. The highest BCUT2D eigenvalue weighted by molar-refractivity contribution is 7.89. The summed E-state index contributed by atoms with van der Waals surface area (Å²) < 4.78 is 37.9. The van der Waals surface area contributed by atoms with Gasteiger partial charge in [0, 0.05) is 24.6 Å². The molecular weight excluding hydrogens is 416 g/mol. The zero-order valence-corrected chi connectivity index (χ0v) is 19.2. The fraction of sp³-hybridized carbons (Fsp3) is 0.435. The SMILES string of the molecule is COc1ccc(OC)c([C@@H](C)NC(=O)C2CCN(S(=O)(=O)c3ccc(C)cc3)CC2)c1. The molecule has 2 aromatic carbocycles. The van der Waals surface area contributed by atoms with Crippen molar-refractivity contribution in [3.63, 3.8) is 0 Å². The Morgan fingerprint density at radius 1 is 1.06 bits per heavy atom. The van der Waals surface area contributed by atoms with Crippen molar-refractivity contribution in [2.75, 3.05) is 27.3 Å². The molecule has 1 aliphatic rings. The van der Waals surface area contributed by atoms with Crippen LogP contribution < -0.4 is 14.8 Å². The molecule has 1 N–H and O–H groups in total. The van der Waals surface area contributed by atoms with E-state index in [1.165, 1.54) is 4.31 Å². The van der Waals surface area contributed by atoms with Crippen LogP contribution in [0.2, 0.25) is 0 Å². The average Bonchev–Trinajstić information content (AvgIpc) is 2.78. The second-order valence-electron chi connectivity index (χ2n) is 7.83. The minimum Gasteiger partial charge on any atom is -0.497 e. The Balaban J connectivity index is 1.62. The lowest BCUT2D eigenvalue weighted by Gasteiger charge is -2.31. The molecule has 1 heterocycles. The summed E-state index contributed by atoms with van der Waals surface area (Å²) >= 11 is 0. The Labute approximate surface area is 184 Å². The minimum absolute atomic E-state index is 0.0789. The Hall–Kier alpha value is -2.58. The number of hydrogen-bond donors (Lipinski definition) is 1. The van der Waals surface area contributed by atoms with Crippen LogP contribution in [0.4, 0.5) is 0 Å². The van der Waals surface area contributed by atoms with Crippen molar-refractivity contribution in [1.82, 2.24) is 9.62 Å². The van der Waals surface area contributed by atoms with E-state index in [9.17, 15) is 13.2 Å². The van der Waals surface area contributed by atoms with Crippen LogP contribution in [-0.4, -0.2) is 45.9 Å². The third kappa shape index (κ3) is 5.19. The molecule has 1 fully saturated rings.